The fourth-order valence-corrected chi connectivity index (χ4v) is 3.90. The third kappa shape index (κ3) is 1.44. The zero-order valence-corrected chi connectivity index (χ0v) is 10.7. The summed E-state index contributed by atoms with van der Waals surface area (Å²) in [7, 11) is 0. The van der Waals surface area contributed by atoms with Crippen LogP contribution in [-0.2, 0) is 12.0 Å². The van der Waals surface area contributed by atoms with Crippen LogP contribution in [0, 0.1) is 16.7 Å². The van der Waals surface area contributed by atoms with Crippen LogP contribution in [0.5, 0.6) is 0 Å². The smallest absolute Gasteiger partial charge is 0.108 e. The van der Waals surface area contributed by atoms with Crippen molar-refractivity contribution in [1.29, 1.82) is 5.26 Å². The number of nitriles is 1. The lowest BCUT2D eigenvalue weighted by Crippen LogP contribution is -2.45. The van der Waals surface area contributed by atoms with Crippen molar-refractivity contribution in [2.75, 3.05) is 0 Å². The Balaban J connectivity index is 2.14. The molecule has 2 heteroatoms. The van der Waals surface area contributed by atoms with E-state index in [4.69, 9.17) is 0 Å². The van der Waals surface area contributed by atoms with Gasteiger partial charge in [-0.15, -0.1) is 0 Å². The molecule has 0 spiro atoms. The molecule has 1 saturated carbocycles. The van der Waals surface area contributed by atoms with Crippen LogP contribution in [0.15, 0.2) is 24.3 Å². The van der Waals surface area contributed by atoms with Crippen molar-refractivity contribution in [3.8, 4) is 6.07 Å². The average Bonchev–Trinajstić information content (AvgIpc) is 2.90. The second kappa shape index (κ2) is 4.10. The Morgan fingerprint density at radius 1 is 1.06 bits per heavy atom. The van der Waals surface area contributed by atoms with Gasteiger partial charge in [0.2, 0.25) is 0 Å². The van der Waals surface area contributed by atoms with E-state index >= 15 is 0 Å². The minimum Gasteiger partial charge on any atom is -0.383 e. The van der Waals surface area contributed by atoms with Crippen molar-refractivity contribution >= 4 is 0 Å². The zero-order valence-electron chi connectivity index (χ0n) is 10.7. The van der Waals surface area contributed by atoms with E-state index < -0.39 is 11.0 Å². The van der Waals surface area contributed by atoms with Crippen LogP contribution in [0.1, 0.15) is 49.7 Å². The van der Waals surface area contributed by atoms with Gasteiger partial charge in [-0.3, -0.25) is 0 Å². The molecule has 0 radical (unpaired) electrons. The molecule has 2 aliphatic rings. The van der Waals surface area contributed by atoms with Crippen LogP contribution in [0.25, 0.3) is 0 Å². The fraction of sp³-hybridized carbons (Fsp3) is 0.562. The number of hydrogen-bond donors (Lipinski definition) is 1. The Bertz CT molecular complexity index is 496. The van der Waals surface area contributed by atoms with Gasteiger partial charge in [-0.1, -0.05) is 37.1 Å². The van der Waals surface area contributed by atoms with E-state index in [0.29, 0.717) is 0 Å². The Labute approximate surface area is 108 Å². The Kier molecular flexibility index (Phi) is 2.68. The third-order valence-electron chi connectivity index (χ3n) is 4.91. The normalized spacial score (nSPS) is 29.6. The summed E-state index contributed by atoms with van der Waals surface area (Å²) in [6.07, 6.45) is 6.56. The van der Waals surface area contributed by atoms with Crippen LogP contribution >= 0.6 is 0 Å². The Morgan fingerprint density at radius 2 is 1.78 bits per heavy atom. The molecule has 1 aromatic rings. The Hall–Kier alpha value is -1.33. The molecule has 1 aromatic carbocycles. The van der Waals surface area contributed by atoms with Crippen LogP contribution in [0.3, 0.4) is 0 Å². The van der Waals surface area contributed by atoms with E-state index in [2.05, 4.69) is 12.1 Å². The number of hydrogen-bond acceptors (Lipinski definition) is 2. The molecule has 0 saturated heterocycles. The maximum Gasteiger partial charge on any atom is 0.108 e. The van der Waals surface area contributed by atoms with Gasteiger partial charge in [0.25, 0.3) is 0 Å². The van der Waals surface area contributed by atoms with E-state index in [1.165, 1.54) is 5.56 Å². The van der Waals surface area contributed by atoms with E-state index in [-0.39, 0.29) is 0 Å². The number of benzene rings is 1. The molecule has 0 aliphatic heterocycles. The molecule has 3 rings (SSSR count). The molecule has 94 valence electrons. The summed E-state index contributed by atoms with van der Waals surface area (Å²) < 4.78 is 0. The van der Waals surface area contributed by atoms with Gasteiger partial charge in [0.1, 0.15) is 5.60 Å². The molecule has 0 aromatic heterocycles. The summed E-state index contributed by atoms with van der Waals surface area (Å²) in [5.74, 6) is 0. The van der Waals surface area contributed by atoms with E-state index in [0.717, 1.165) is 50.5 Å². The van der Waals surface area contributed by atoms with E-state index in [9.17, 15) is 10.4 Å². The highest BCUT2D eigenvalue weighted by Crippen LogP contribution is 2.55. The van der Waals surface area contributed by atoms with Crippen LogP contribution in [0.2, 0.25) is 0 Å². The molecule has 1 unspecified atom stereocenters. The monoisotopic (exact) mass is 241 g/mol. The minimum atomic E-state index is -0.924. The molecule has 0 bridgehead atoms. The van der Waals surface area contributed by atoms with Crippen molar-refractivity contribution in [3.63, 3.8) is 0 Å². The molecule has 1 fully saturated rings. The van der Waals surface area contributed by atoms with Gasteiger partial charge in [0.15, 0.2) is 0 Å². The first-order chi connectivity index (χ1) is 8.72. The van der Waals surface area contributed by atoms with Crippen molar-refractivity contribution in [2.45, 2.75) is 50.5 Å². The summed E-state index contributed by atoms with van der Waals surface area (Å²) in [6, 6.07) is 10.6. The topological polar surface area (TPSA) is 44.0 Å². The van der Waals surface area contributed by atoms with Crippen molar-refractivity contribution in [2.24, 2.45) is 5.41 Å². The summed E-state index contributed by atoms with van der Waals surface area (Å²) in [6.45, 7) is 0. The largest absolute Gasteiger partial charge is 0.383 e. The van der Waals surface area contributed by atoms with E-state index in [1.54, 1.807) is 0 Å². The first kappa shape index (κ1) is 11.7. The maximum atomic E-state index is 11.3. The molecular weight excluding hydrogens is 222 g/mol. The molecule has 2 aliphatic carbocycles. The van der Waals surface area contributed by atoms with Gasteiger partial charge < -0.3 is 5.11 Å². The lowest BCUT2D eigenvalue weighted by Gasteiger charge is -2.44. The summed E-state index contributed by atoms with van der Waals surface area (Å²) >= 11 is 0. The first-order valence-corrected chi connectivity index (χ1v) is 6.94. The first-order valence-electron chi connectivity index (χ1n) is 6.94. The SMILES string of the molecule is N#CC1(C2(O)CCCc3ccccc32)CCCC1. The van der Waals surface area contributed by atoms with Gasteiger partial charge in [-0.2, -0.15) is 5.26 Å². The number of fused-ring (bicyclic) bond motifs is 1. The van der Waals surface area contributed by atoms with Gasteiger partial charge in [-0.05, 0) is 43.2 Å². The minimum absolute atomic E-state index is 0.552. The number of rotatable bonds is 1. The van der Waals surface area contributed by atoms with Gasteiger partial charge >= 0.3 is 0 Å². The molecule has 18 heavy (non-hydrogen) atoms. The summed E-state index contributed by atoms with van der Waals surface area (Å²) in [5, 5.41) is 20.9. The molecule has 0 heterocycles. The Morgan fingerprint density at radius 3 is 2.50 bits per heavy atom. The lowest BCUT2D eigenvalue weighted by atomic mass is 9.62. The maximum absolute atomic E-state index is 11.3. The fourth-order valence-electron chi connectivity index (χ4n) is 3.90. The lowest BCUT2D eigenvalue weighted by molar-refractivity contribution is -0.0729. The third-order valence-corrected chi connectivity index (χ3v) is 4.91. The van der Waals surface area contributed by atoms with Gasteiger partial charge in [-0.25, -0.2) is 0 Å². The second-order valence-electron chi connectivity index (χ2n) is 5.77. The van der Waals surface area contributed by atoms with Crippen LogP contribution < -0.4 is 0 Å². The highest BCUT2D eigenvalue weighted by molar-refractivity contribution is 5.38. The molecule has 2 nitrogen and oxygen atoms in total. The van der Waals surface area contributed by atoms with E-state index in [1.807, 2.05) is 18.2 Å². The standard InChI is InChI=1S/C16H19NO/c17-12-15(9-3-4-10-15)16(18)11-5-7-13-6-1-2-8-14(13)16/h1-2,6,8,18H,3-5,7,9-11H2. The quantitative estimate of drug-likeness (QED) is 0.820. The van der Waals surface area contributed by atoms with Crippen LogP contribution in [-0.4, -0.2) is 5.11 Å². The predicted molar refractivity (Wildman–Crippen MR) is 69.8 cm³/mol. The number of aliphatic hydroxyl groups is 1. The molecule has 1 N–H and O–H groups in total. The highest BCUT2D eigenvalue weighted by Gasteiger charge is 2.54. The molecule has 1 atom stereocenters. The van der Waals surface area contributed by atoms with Crippen LogP contribution in [0.4, 0.5) is 0 Å². The predicted octanol–water partition coefficient (Wildman–Crippen LogP) is 3.29. The van der Waals surface area contributed by atoms with Gasteiger partial charge in [0.05, 0.1) is 11.5 Å². The summed E-state index contributed by atoms with van der Waals surface area (Å²) in [4.78, 5) is 0. The number of nitrogens with zero attached hydrogens (tertiary/aromatic N) is 1. The van der Waals surface area contributed by atoms with Crippen molar-refractivity contribution in [3.05, 3.63) is 35.4 Å². The molecule has 0 amide bonds. The van der Waals surface area contributed by atoms with Crippen molar-refractivity contribution < 1.29 is 5.11 Å². The average molecular weight is 241 g/mol. The zero-order chi connectivity index (χ0) is 12.6. The highest BCUT2D eigenvalue weighted by atomic mass is 16.3. The van der Waals surface area contributed by atoms with Crippen molar-refractivity contribution in [1.82, 2.24) is 0 Å². The molecular formula is C16H19NO. The van der Waals surface area contributed by atoms with Gasteiger partial charge in [0, 0.05) is 0 Å². The second-order valence-corrected chi connectivity index (χ2v) is 5.77. The summed E-state index contributed by atoms with van der Waals surface area (Å²) in [5.41, 5.74) is 0.767. The number of aryl methyl sites for hydroxylation is 1.